The summed E-state index contributed by atoms with van der Waals surface area (Å²) in [5.74, 6) is 0. The average molecular weight is 782 g/mol. The van der Waals surface area contributed by atoms with Gasteiger partial charge in [-0.05, 0) is 86.8 Å². The number of para-hydroxylation sites is 2. The minimum atomic E-state index is 0.176. The maximum Gasteiger partial charge on any atom is 0.115 e. The van der Waals surface area contributed by atoms with Crippen molar-refractivity contribution in [2.24, 2.45) is 0 Å². The second kappa shape index (κ2) is 15.1. The van der Waals surface area contributed by atoms with E-state index in [2.05, 4.69) is 126 Å². The Bertz CT molecular complexity index is 3620. The molecule has 11 rings (SSSR count). The lowest BCUT2D eigenvalue weighted by Gasteiger charge is -2.19. The fourth-order valence-electron chi connectivity index (χ4n) is 9.49. The van der Waals surface area contributed by atoms with Crippen LogP contribution in [0.2, 0.25) is 0 Å². The van der Waals surface area contributed by atoms with Crippen LogP contribution in [0.3, 0.4) is 0 Å². The molecule has 0 bridgehead atoms. The van der Waals surface area contributed by atoms with Crippen molar-refractivity contribution in [1.29, 1.82) is 0 Å². The highest BCUT2D eigenvalue weighted by Gasteiger charge is 2.25. The maximum atomic E-state index is 7.38. The van der Waals surface area contributed by atoms with E-state index >= 15 is 0 Å². The molecule has 9 heteroatoms. The number of nitrogens with zero attached hydrogens (tertiary/aromatic N) is 2. The summed E-state index contributed by atoms with van der Waals surface area (Å²) in [6, 6.07) is 60.6. The molecule has 276 valence electrons. The van der Waals surface area contributed by atoms with Gasteiger partial charge < -0.3 is 9.13 Å². The molecule has 0 fully saturated rings. The third-order valence-corrected chi connectivity index (χ3v) is 12.5. The molecule has 0 atom stereocenters. The van der Waals surface area contributed by atoms with E-state index in [0.29, 0.717) is 43.8 Å². The van der Waals surface area contributed by atoms with Gasteiger partial charge in [0.25, 0.3) is 0 Å². The van der Waals surface area contributed by atoms with Crippen molar-refractivity contribution in [3.05, 3.63) is 176 Å². The zero-order chi connectivity index (χ0) is 43.1. The summed E-state index contributed by atoms with van der Waals surface area (Å²) in [6.45, 7) is 0. The highest BCUT2D eigenvalue weighted by molar-refractivity contribution is 6.69. The van der Waals surface area contributed by atoms with Gasteiger partial charge in [0.15, 0.2) is 0 Å². The third-order valence-electron chi connectivity index (χ3n) is 12.5. The van der Waals surface area contributed by atoms with Crippen LogP contribution in [0.25, 0.3) is 99.5 Å². The Labute approximate surface area is 375 Å². The van der Waals surface area contributed by atoms with Crippen molar-refractivity contribution in [3.63, 3.8) is 0 Å². The molecule has 11 aromatic rings. The van der Waals surface area contributed by atoms with Crippen LogP contribution in [0, 0.1) is 0 Å². The third kappa shape index (κ3) is 6.04. The molecule has 63 heavy (non-hydrogen) atoms. The van der Waals surface area contributed by atoms with Gasteiger partial charge in [-0.25, -0.2) is 0 Å². The lowest BCUT2D eigenvalue weighted by atomic mass is 9.64. The van der Waals surface area contributed by atoms with Crippen molar-refractivity contribution in [2.45, 2.75) is 0 Å². The molecule has 9 aromatic carbocycles. The summed E-state index contributed by atoms with van der Waals surface area (Å²) < 4.78 is 4.27. The monoisotopic (exact) mass is 782 g/mol. The number of rotatable bonds is 6. The van der Waals surface area contributed by atoms with Crippen LogP contribution in [0.5, 0.6) is 0 Å². The summed E-state index contributed by atoms with van der Waals surface area (Å²) in [7, 11) is 48.6. The fourth-order valence-corrected chi connectivity index (χ4v) is 9.49. The lowest BCUT2D eigenvalue weighted by molar-refractivity contribution is 1.18. The standard InChI is InChI=1S/C54H29B7N2/c55-45-42(46(56)50(60)53-43(45)44-47(57)48(58)49(59)51(61)54(44)63(53)37-25-22-32(23-26-37)30-12-4-1-5-13-30)35-24-27-41-40(29-35)39-21-11-20-38(52(39)62(41)36-18-8-3-9-19-36)34-17-10-16-33(28-34)31-14-6-2-7-15-31/h1-29H. The molecule has 14 radical (unpaired) electrons. The predicted octanol–water partition coefficient (Wildman–Crippen LogP) is 6.11. The van der Waals surface area contributed by atoms with E-state index in [9.17, 15) is 0 Å². The Morgan fingerprint density at radius 3 is 1.48 bits per heavy atom. The molecular weight excluding hydrogens is 752 g/mol. The van der Waals surface area contributed by atoms with Crippen molar-refractivity contribution in [1.82, 2.24) is 9.13 Å². The predicted molar refractivity (Wildman–Crippen MR) is 275 cm³/mol. The quantitative estimate of drug-likeness (QED) is 0.181. The van der Waals surface area contributed by atoms with Gasteiger partial charge >= 0.3 is 0 Å². The van der Waals surface area contributed by atoms with Crippen LogP contribution < -0.4 is 38.2 Å². The molecule has 2 aromatic heterocycles. The molecule has 0 spiro atoms. The maximum absolute atomic E-state index is 7.38. The van der Waals surface area contributed by atoms with Crippen molar-refractivity contribution < 1.29 is 0 Å². The van der Waals surface area contributed by atoms with Gasteiger partial charge in [0, 0.05) is 44.1 Å². The Hall–Kier alpha value is -6.97. The van der Waals surface area contributed by atoms with E-state index in [0.717, 1.165) is 72.1 Å². The zero-order valence-electron chi connectivity index (χ0n) is 34.2. The summed E-state index contributed by atoms with van der Waals surface area (Å²) >= 11 is 0. The zero-order valence-corrected chi connectivity index (χ0v) is 34.2. The molecule has 0 saturated carbocycles. The highest BCUT2D eigenvalue weighted by Crippen LogP contribution is 2.41. The van der Waals surface area contributed by atoms with Crippen LogP contribution in [0.15, 0.2) is 176 Å². The number of fused-ring (bicyclic) bond motifs is 6. The SMILES string of the molecule is [B]c1c([B])c([B])c2c(c1[B])c1c([B])c(-c3ccc4c(c3)c3cccc(-c5cccc(-c6ccccc6)c5)c3n4-c3ccccc3)c([B])c([B])c1n2-c1ccc(-c2ccccc2)cc1. The van der Waals surface area contributed by atoms with E-state index < -0.39 is 0 Å². The average Bonchev–Trinajstić information content (AvgIpc) is 3.87. The topological polar surface area (TPSA) is 9.86 Å². The lowest BCUT2D eigenvalue weighted by Crippen LogP contribution is -2.48. The van der Waals surface area contributed by atoms with Crippen molar-refractivity contribution in [3.8, 4) is 55.9 Å². The van der Waals surface area contributed by atoms with Crippen LogP contribution in [-0.4, -0.2) is 64.1 Å². The number of aromatic nitrogens is 2. The second-order valence-corrected chi connectivity index (χ2v) is 16.0. The van der Waals surface area contributed by atoms with Gasteiger partial charge in [-0.3, -0.25) is 0 Å². The number of hydrogen-bond donors (Lipinski definition) is 0. The van der Waals surface area contributed by atoms with E-state index in [1.54, 1.807) is 0 Å². The minimum Gasteiger partial charge on any atom is -0.311 e. The molecule has 0 aliphatic rings. The molecule has 0 aliphatic carbocycles. The smallest absolute Gasteiger partial charge is 0.115 e. The summed E-state index contributed by atoms with van der Waals surface area (Å²) in [4.78, 5) is 0. The molecule has 2 heterocycles. The molecular formula is C54H29B7N2. The second-order valence-electron chi connectivity index (χ2n) is 16.0. The van der Waals surface area contributed by atoms with Gasteiger partial charge in [-0.15, -0.1) is 10.9 Å². The number of hydrogen-bond acceptors (Lipinski definition) is 0. The van der Waals surface area contributed by atoms with Crippen LogP contribution in [0.1, 0.15) is 0 Å². The van der Waals surface area contributed by atoms with Crippen LogP contribution in [-0.2, 0) is 0 Å². The summed E-state index contributed by atoms with van der Waals surface area (Å²) in [6.07, 6.45) is 0. The largest absolute Gasteiger partial charge is 0.311 e. The number of benzene rings is 9. The Morgan fingerprint density at radius 2 is 0.794 bits per heavy atom. The Morgan fingerprint density at radius 1 is 0.286 bits per heavy atom. The molecule has 0 unspecified atom stereocenters. The van der Waals surface area contributed by atoms with Gasteiger partial charge in [-0.1, -0.05) is 161 Å². The first-order valence-electron chi connectivity index (χ1n) is 20.7. The normalized spacial score (nSPS) is 11.6. The van der Waals surface area contributed by atoms with Crippen LogP contribution in [0.4, 0.5) is 0 Å². The first-order chi connectivity index (χ1) is 30.7. The Kier molecular flexibility index (Phi) is 9.35. The first-order valence-corrected chi connectivity index (χ1v) is 20.7. The van der Waals surface area contributed by atoms with Gasteiger partial charge in [-0.2, -0.15) is 0 Å². The fraction of sp³-hybridized carbons (Fsp3) is 0. The molecule has 0 N–H and O–H groups in total. The Balaban J connectivity index is 1.17. The van der Waals surface area contributed by atoms with Gasteiger partial charge in [0.2, 0.25) is 0 Å². The molecule has 0 aliphatic heterocycles. The van der Waals surface area contributed by atoms with Crippen molar-refractivity contribution in [2.75, 3.05) is 0 Å². The first kappa shape index (κ1) is 38.9. The molecule has 0 amide bonds. The minimum absolute atomic E-state index is 0.176. The van der Waals surface area contributed by atoms with Gasteiger partial charge in [0.05, 0.1) is 11.0 Å². The van der Waals surface area contributed by atoms with Gasteiger partial charge in [0.1, 0.15) is 54.9 Å². The van der Waals surface area contributed by atoms with Crippen molar-refractivity contribution >= 4 is 137 Å². The molecule has 2 nitrogen and oxygen atoms in total. The van der Waals surface area contributed by atoms with E-state index in [4.69, 9.17) is 54.9 Å². The van der Waals surface area contributed by atoms with E-state index in [-0.39, 0.29) is 21.9 Å². The van der Waals surface area contributed by atoms with E-state index in [1.165, 1.54) is 0 Å². The summed E-state index contributed by atoms with van der Waals surface area (Å²) in [5, 5.41) is 3.23. The van der Waals surface area contributed by atoms with E-state index in [1.807, 2.05) is 59.2 Å². The van der Waals surface area contributed by atoms with Crippen LogP contribution >= 0.6 is 0 Å². The summed E-state index contributed by atoms with van der Waals surface area (Å²) in [5.41, 5.74) is 14.9. The molecule has 0 saturated heterocycles. The highest BCUT2D eigenvalue weighted by atomic mass is 15.0.